The number of benzene rings is 2. The largest absolute Gasteiger partial charge is 0.486 e. The van der Waals surface area contributed by atoms with Crippen molar-refractivity contribution in [1.82, 2.24) is 9.97 Å². The zero-order chi connectivity index (χ0) is 16.4. The van der Waals surface area contributed by atoms with Gasteiger partial charge < -0.3 is 9.72 Å². The van der Waals surface area contributed by atoms with Crippen LogP contribution in [0, 0.1) is 0 Å². The van der Waals surface area contributed by atoms with E-state index < -0.39 is 0 Å². The van der Waals surface area contributed by atoms with Gasteiger partial charge in [0, 0.05) is 5.56 Å². The van der Waals surface area contributed by atoms with E-state index in [1.165, 1.54) is 0 Å². The van der Waals surface area contributed by atoms with Gasteiger partial charge in [-0.25, -0.2) is 4.98 Å². The van der Waals surface area contributed by atoms with E-state index in [0.29, 0.717) is 44.7 Å². The smallest absolute Gasteiger partial charge is 0.259 e. The Balaban J connectivity index is 2.12. The minimum Gasteiger partial charge on any atom is -0.486 e. The van der Waals surface area contributed by atoms with E-state index in [-0.39, 0.29) is 5.56 Å². The molecule has 1 aromatic heterocycles. The number of rotatable bonds is 4. The summed E-state index contributed by atoms with van der Waals surface area (Å²) in [6.07, 6.45) is 1.60. The van der Waals surface area contributed by atoms with Crippen LogP contribution in [0.4, 0.5) is 0 Å². The lowest BCUT2D eigenvalue weighted by molar-refractivity contribution is 0.364. The molecule has 3 rings (SSSR count). The van der Waals surface area contributed by atoms with Crippen LogP contribution in [0.1, 0.15) is 0 Å². The van der Waals surface area contributed by atoms with Crippen molar-refractivity contribution in [3.8, 4) is 17.1 Å². The summed E-state index contributed by atoms with van der Waals surface area (Å²) in [5, 5.41) is 1.20. The lowest BCUT2D eigenvalue weighted by atomic mass is 10.2. The number of hydrogen-bond donors (Lipinski definition) is 1. The number of ether oxygens (including phenoxy) is 1. The van der Waals surface area contributed by atoms with Gasteiger partial charge >= 0.3 is 0 Å². The highest BCUT2D eigenvalue weighted by molar-refractivity contribution is 6.37. The number of aromatic nitrogens is 2. The summed E-state index contributed by atoms with van der Waals surface area (Å²) >= 11 is 12.4. The van der Waals surface area contributed by atoms with Gasteiger partial charge in [0.15, 0.2) is 5.75 Å². The molecular formula is C17H12Cl2N2O2. The maximum Gasteiger partial charge on any atom is 0.259 e. The molecular weight excluding hydrogens is 335 g/mol. The van der Waals surface area contributed by atoms with Crippen LogP contribution in [-0.2, 0) is 0 Å². The highest BCUT2D eigenvalue weighted by atomic mass is 35.5. The van der Waals surface area contributed by atoms with E-state index in [1.807, 2.05) is 6.07 Å². The van der Waals surface area contributed by atoms with Crippen LogP contribution in [0.15, 0.2) is 53.8 Å². The summed E-state index contributed by atoms with van der Waals surface area (Å²) < 4.78 is 5.43. The second-order valence-corrected chi connectivity index (χ2v) is 5.61. The second-order valence-electron chi connectivity index (χ2n) is 4.80. The van der Waals surface area contributed by atoms with Crippen molar-refractivity contribution in [1.29, 1.82) is 0 Å². The monoisotopic (exact) mass is 346 g/mol. The Morgan fingerprint density at radius 2 is 1.91 bits per heavy atom. The van der Waals surface area contributed by atoms with E-state index in [1.54, 1.807) is 36.4 Å². The average Bonchev–Trinajstić information content (AvgIpc) is 2.54. The summed E-state index contributed by atoms with van der Waals surface area (Å²) in [5.74, 6) is 0.771. The summed E-state index contributed by atoms with van der Waals surface area (Å²) in [7, 11) is 0. The van der Waals surface area contributed by atoms with Gasteiger partial charge in [0.05, 0.1) is 20.9 Å². The zero-order valence-electron chi connectivity index (χ0n) is 12.0. The zero-order valence-corrected chi connectivity index (χ0v) is 13.5. The number of nitrogens with one attached hydrogen (secondary N) is 1. The van der Waals surface area contributed by atoms with Gasteiger partial charge in [0.2, 0.25) is 0 Å². The average molecular weight is 347 g/mol. The molecule has 0 saturated carbocycles. The van der Waals surface area contributed by atoms with Crippen molar-refractivity contribution in [2.75, 3.05) is 6.61 Å². The standard InChI is InChI=1S/C17H12Cl2N2O2/c1-2-7-23-15-12(18)8-10(9-13(15)19)16-20-14-6-4-3-5-11(14)17(22)21-16/h2-6,8-9H,1,7H2,(H,20,21,22). The first-order valence-corrected chi connectivity index (χ1v) is 7.58. The number of nitrogens with zero attached hydrogens (tertiary/aromatic N) is 1. The molecule has 0 unspecified atom stereocenters. The van der Waals surface area contributed by atoms with E-state index in [2.05, 4.69) is 16.5 Å². The minimum absolute atomic E-state index is 0.218. The van der Waals surface area contributed by atoms with Crippen LogP contribution in [0.2, 0.25) is 10.0 Å². The predicted molar refractivity (Wildman–Crippen MR) is 93.5 cm³/mol. The molecule has 3 aromatic rings. The quantitative estimate of drug-likeness (QED) is 0.709. The predicted octanol–water partition coefficient (Wildman–Crippen LogP) is 4.46. The molecule has 1 heterocycles. The Labute approximate surface area is 142 Å². The molecule has 0 amide bonds. The maximum absolute atomic E-state index is 12.2. The molecule has 4 nitrogen and oxygen atoms in total. The summed E-state index contributed by atoms with van der Waals surface area (Å²) in [6.45, 7) is 3.87. The molecule has 0 saturated heterocycles. The molecule has 1 N–H and O–H groups in total. The SMILES string of the molecule is C=CCOc1c(Cl)cc(-c2nc3ccccc3c(=O)[nH]2)cc1Cl. The van der Waals surface area contributed by atoms with Gasteiger partial charge in [-0.2, -0.15) is 0 Å². The van der Waals surface area contributed by atoms with Crippen LogP contribution >= 0.6 is 23.2 Å². The molecule has 6 heteroatoms. The topological polar surface area (TPSA) is 55.0 Å². The first-order chi connectivity index (χ1) is 11.1. The number of hydrogen-bond acceptors (Lipinski definition) is 3. The van der Waals surface area contributed by atoms with E-state index in [0.717, 1.165) is 0 Å². The van der Waals surface area contributed by atoms with Crippen LogP contribution in [0.25, 0.3) is 22.3 Å². The molecule has 0 aliphatic rings. The van der Waals surface area contributed by atoms with Gasteiger partial charge in [0.25, 0.3) is 5.56 Å². The van der Waals surface area contributed by atoms with Crippen LogP contribution in [0.3, 0.4) is 0 Å². The normalized spacial score (nSPS) is 10.7. The molecule has 23 heavy (non-hydrogen) atoms. The summed E-state index contributed by atoms with van der Waals surface area (Å²) in [5.41, 5.74) is 0.990. The highest BCUT2D eigenvalue weighted by Crippen LogP contribution is 2.36. The summed E-state index contributed by atoms with van der Waals surface area (Å²) in [4.78, 5) is 19.3. The van der Waals surface area contributed by atoms with Crippen molar-refractivity contribution < 1.29 is 4.74 Å². The number of H-pyrrole nitrogens is 1. The van der Waals surface area contributed by atoms with Crippen LogP contribution in [-0.4, -0.2) is 16.6 Å². The fraction of sp³-hybridized carbons (Fsp3) is 0.0588. The number of aromatic amines is 1. The Morgan fingerprint density at radius 3 is 2.61 bits per heavy atom. The molecule has 2 aromatic carbocycles. The molecule has 0 fully saturated rings. The fourth-order valence-electron chi connectivity index (χ4n) is 2.20. The van der Waals surface area contributed by atoms with Crippen molar-refractivity contribution in [2.24, 2.45) is 0 Å². The number of para-hydroxylation sites is 1. The van der Waals surface area contributed by atoms with Crippen molar-refractivity contribution in [3.63, 3.8) is 0 Å². The van der Waals surface area contributed by atoms with Gasteiger partial charge in [-0.15, -0.1) is 0 Å². The molecule has 0 atom stereocenters. The van der Waals surface area contributed by atoms with E-state index in [4.69, 9.17) is 27.9 Å². The lowest BCUT2D eigenvalue weighted by Crippen LogP contribution is -2.09. The minimum atomic E-state index is -0.218. The third-order valence-electron chi connectivity index (χ3n) is 3.23. The van der Waals surface area contributed by atoms with Crippen molar-refractivity contribution in [3.05, 3.63) is 69.5 Å². The third kappa shape index (κ3) is 3.09. The Kier molecular flexibility index (Phi) is 4.37. The molecule has 0 radical (unpaired) electrons. The van der Waals surface area contributed by atoms with Crippen LogP contribution in [0.5, 0.6) is 5.75 Å². The van der Waals surface area contributed by atoms with Gasteiger partial charge in [-0.05, 0) is 24.3 Å². The lowest BCUT2D eigenvalue weighted by Gasteiger charge is -2.10. The number of fused-ring (bicyclic) bond motifs is 1. The first-order valence-electron chi connectivity index (χ1n) is 6.82. The maximum atomic E-state index is 12.2. The summed E-state index contributed by atoms with van der Waals surface area (Å²) in [6, 6.07) is 10.4. The second kappa shape index (κ2) is 6.44. The van der Waals surface area contributed by atoms with E-state index in [9.17, 15) is 4.79 Å². The van der Waals surface area contributed by atoms with Gasteiger partial charge in [-0.3, -0.25) is 4.79 Å². The van der Waals surface area contributed by atoms with Gasteiger partial charge in [0.1, 0.15) is 12.4 Å². The Hall–Kier alpha value is -2.30. The molecule has 0 spiro atoms. The fourth-order valence-corrected chi connectivity index (χ4v) is 2.80. The van der Waals surface area contributed by atoms with Crippen molar-refractivity contribution in [2.45, 2.75) is 0 Å². The third-order valence-corrected chi connectivity index (χ3v) is 3.79. The van der Waals surface area contributed by atoms with Crippen LogP contribution < -0.4 is 10.3 Å². The molecule has 0 bridgehead atoms. The first kappa shape index (κ1) is 15.6. The number of halogens is 2. The van der Waals surface area contributed by atoms with Gasteiger partial charge in [-0.1, -0.05) is 48.0 Å². The van der Waals surface area contributed by atoms with E-state index >= 15 is 0 Å². The molecule has 0 aliphatic carbocycles. The Bertz CT molecular complexity index is 928. The highest BCUT2D eigenvalue weighted by Gasteiger charge is 2.13. The Morgan fingerprint density at radius 1 is 1.22 bits per heavy atom. The molecule has 116 valence electrons. The molecule has 0 aliphatic heterocycles. The van der Waals surface area contributed by atoms with Crippen molar-refractivity contribution >= 4 is 34.1 Å².